The maximum Gasteiger partial charge on any atom is 0.126 e. The molecule has 0 radical (unpaired) electrons. The van der Waals surface area contributed by atoms with E-state index < -0.39 is 5.41 Å². The van der Waals surface area contributed by atoms with Gasteiger partial charge in [-0.2, -0.15) is 0 Å². The molecule has 112 valence electrons. The van der Waals surface area contributed by atoms with Crippen LogP contribution in [0.15, 0.2) is 51.4 Å². The monoisotopic (exact) mass is 452 g/mol. The summed E-state index contributed by atoms with van der Waals surface area (Å²) in [4.78, 5) is 0. The molecule has 0 aliphatic carbocycles. The van der Waals surface area contributed by atoms with Crippen LogP contribution in [0.2, 0.25) is 0 Å². The van der Waals surface area contributed by atoms with Gasteiger partial charge in [0.05, 0.1) is 0 Å². The topological polar surface area (TPSA) is 0 Å². The Balaban J connectivity index is 2.48. The molecule has 0 aromatic heterocycles. The van der Waals surface area contributed by atoms with E-state index >= 15 is 0 Å². The second-order valence-electron chi connectivity index (χ2n) is 4.94. The average Bonchev–Trinajstić information content (AvgIpc) is 2.49. The Hall–Kier alpha value is -0.0900. The van der Waals surface area contributed by atoms with Crippen molar-refractivity contribution < 1.29 is 4.39 Å². The highest BCUT2D eigenvalue weighted by Gasteiger charge is 2.33. The van der Waals surface area contributed by atoms with Crippen LogP contribution >= 0.6 is 55.1 Å². The van der Waals surface area contributed by atoms with Gasteiger partial charge in [0.2, 0.25) is 0 Å². The molecule has 0 aliphatic rings. The highest BCUT2D eigenvalue weighted by atomic mass is 79.9. The van der Waals surface area contributed by atoms with Crippen molar-refractivity contribution in [2.45, 2.75) is 11.8 Å². The zero-order valence-electron chi connectivity index (χ0n) is 11.1. The number of hydrogen-bond acceptors (Lipinski definition) is 0. The van der Waals surface area contributed by atoms with Gasteiger partial charge in [-0.3, -0.25) is 0 Å². The molecule has 0 atom stereocenters. The first kappa shape index (κ1) is 17.3. The summed E-state index contributed by atoms with van der Waals surface area (Å²) in [5.74, 6) is 0.376. The van der Waals surface area contributed by atoms with Crippen molar-refractivity contribution in [2.75, 3.05) is 11.8 Å². The number of halogens is 5. The fourth-order valence-corrected chi connectivity index (χ4v) is 4.18. The summed E-state index contributed by atoms with van der Waals surface area (Å²) in [7, 11) is 0. The Morgan fingerprint density at radius 3 is 2.29 bits per heavy atom. The van der Waals surface area contributed by atoms with Gasteiger partial charge in [0.15, 0.2) is 0 Å². The SMILES string of the molecule is Fc1ccc(Br)cc1CC(CCl)(CCl)c1ccccc1Br. The fourth-order valence-electron chi connectivity index (χ4n) is 2.30. The second kappa shape index (κ2) is 7.45. The van der Waals surface area contributed by atoms with E-state index in [1.807, 2.05) is 24.3 Å². The van der Waals surface area contributed by atoms with Gasteiger partial charge in [-0.05, 0) is 41.8 Å². The van der Waals surface area contributed by atoms with Gasteiger partial charge < -0.3 is 0 Å². The van der Waals surface area contributed by atoms with Crippen LogP contribution in [0.25, 0.3) is 0 Å². The van der Waals surface area contributed by atoms with Crippen LogP contribution in [0.4, 0.5) is 4.39 Å². The molecule has 5 heteroatoms. The third-order valence-electron chi connectivity index (χ3n) is 3.49. The normalized spacial score (nSPS) is 11.7. The zero-order valence-corrected chi connectivity index (χ0v) is 15.7. The lowest BCUT2D eigenvalue weighted by Gasteiger charge is -2.31. The van der Waals surface area contributed by atoms with Crippen LogP contribution in [-0.4, -0.2) is 11.8 Å². The van der Waals surface area contributed by atoms with Gasteiger partial charge in [-0.1, -0.05) is 50.1 Å². The van der Waals surface area contributed by atoms with E-state index in [2.05, 4.69) is 31.9 Å². The lowest BCUT2D eigenvalue weighted by molar-refractivity contribution is 0.510. The molecule has 0 heterocycles. The predicted molar refractivity (Wildman–Crippen MR) is 95.1 cm³/mol. The summed E-state index contributed by atoms with van der Waals surface area (Å²) in [6, 6.07) is 12.7. The van der Waals surface area contributed by atoms with Crippen LogP contribution in [0.3, 0.4) is 0 Å². The summed E-state index contributed by atoms with van der Waals surface area (Å²) in [5.41, 5.74) is 1.07. The fraction of sp³-hybridized carbons (Fsp3) is 0.250. The minimum atomic E-state index is -0.523. The first-order valence-electron chi connectivity index (χ1n) is 6.33. The van der Waals surface area contributed by atoms with Gasteiger partial charge in [0.25, 0.3) is 0 Å². The highest BCUT2D eigenvalue weighted by molar-refractivity contribution is 9.10. The maximum absolute atomic E-state index is 14.1. The van der Waals surface area contributed by atoms with E-state index in [1.54, 1.807) is 12.1 Å². The molecule has 0 nitrogen and oxygen atoms in total. The predicted octanol–water partition coefficient (Wildman–Crippen LogP) is 6.31. The molecule has 0 bridgehead atoms. The first-order chi connectivity index (χ1) is 10.0. The van der Waals surface area contributed by atoms with Crippen molar-refractivity contribution in [1.29, 1.82) is 0 Å². The first-order valence-corrected chi connectivity index (χ1v) is 8.99. The molecule has 0 N–H and O–H groups in total. The van der Waals surface area contributed by atoms with Gasteiger partial charge in [0.1, 0.15) is 5.82 Å². The highest BCUT2D eigenvalue weighted by Crippen LogP contribution is 2.37. The maximum atomic E-state index is 14.1. The molecule has 2 aromatic carbocycles. The Bertz CT molecular complexity index is 627. The Morgan fingerprint density at radius 1 is 1.00 bits per heavy atom. The zero-order chi connectivity index (χ0) is 15.5. The number of alkyl halides is 2. The van der Waals surface area contributed by atoms with Crippen LogP contribution in [-0.2, 0) is 11.8 Å². The number of rotatable bonds is 5. The van der Waals surface area contributed by atoms with Gasteiger partial charge in [-0.25, -0.2) is 4.39 Å². The van der Waals surface area contributed by atoms with E-state index in [0.29, 0.717) is 23.7 Å². The van der Waals surface area contributed by atoms with Gasteiger partial charge >= 0.3 is 0 Å². The van der Waals surface area contributed by atoms with Crippen molar-refractivity contribution in [1.82, 2.24) is 0 Å². The Labute approximate surface area is 150 Å². The number of hydrogen-bond donors (Lipinski definition) is 0. The van der Waals surface area contributed by atoms with Crippen LogP contribution in [0.1, 0.15) is 11.1 Å². The summed E-state index contributed by atoms with van der Waals surface area (Å²) in [6.45, 7) is 0. The molecule has 2 aromatic rings. The summed E-state index contributed by atoms with van der Waals surface area (Å²) in [5, 5.41) is 0. The van der Waals surface area contributed by atoms with Crippen molar-refractivity contribution in [3.8, 4) is 0 Å². The molecule has 0 spiro atoms. The molecule has 0 fully saturated rings. The van der Waals surface area contributed by atoms with E-state index in [4.69, 9.17) is 23.2 Å². The van der Waals surface area contributed by atoms with Crippen molar-refractivity contribution in [2.24, 2.45) is 0 Å². The second-order valence-corrected chi connectivity index (χ2v) is 7.24. The molecule has 0 saturated heterocycles. The third kappa shape index (κ3) is 3.82. The van der Waals surface area contributed by atoms with Crippen molar-refractivity contribution in [3.05, 3.63) is 68.4 Å². The molecule has 0 aliphatic heterocycles. The Kier molecular flexibility index (Phi) is 6.13. The van der Waals surface area contributed by atoms with Crippen molar-refractivity contribution in [3.63, 3.8) is 0 Å². The molecule has 2 rings (SSSR count). The number of benzene rings is 2. The quantitative estimate of drug-likeness (QED) is 0.464. The molecular weight excluding hydrogens is 442 g/mol. The van der Waals surface area contributed by atoms with Gasteiger partial charge in [-0.15, -0.1) is 23.2 Å². The van der Waals surface area contributed by atoms with Crippen molar-refractivity contribution >= 4 is 55.1 Å². The smallest absolute Gasteiger partial charge is 0.126 e. The third-order valence-corrected chi connectivity index (χ3v) is 5.70. The van der Waals surface area contributed by atoms with Crippen LogP contribution in [0.5, 0.6) is 0 Å². The molecule has 21 heavy (non-hydrogen) atoms. The van der Waals surface area contributed by atoms with Gasteiger partial charge in [0, 0.05) is 26.1 Å². The largest absolute Gasteiger partial charge is 0.207 e. The van der Waals surface area contributed by atoms with E-state index in [1.165, 1.54) is 6.07 Å². The van der Waals surface area contributed by atoms with Crippen LogP contribution in [0, 0.1) is 5.82 Å². The molecule has 0 saturated carbocycles. The molecule has 0 amide bonds. The van der Waals surface area contributed by atoms with E-state index in [9.17, 15) is 4.39 Å². The Morgan fingerprint density at radius 2 is 1.67 bits per heavy atom. The molecular formula is C16H13Br2Cl2F. The van der Waals surface area contributed by atoms with E-state index in [0.717, 1.165) is 14.5 Å². The average molecular weight is 455 g/mol. The molecule has 0 unspecified atom stereocenters. The lowest BCUT2D eigenvalue weighted by Crippen LogP contribution is -2.34. The minimum Gasteiger partial charge on any atom is -0.207 e. The summed E-state index contributed by atoms with van der Waals surface area (Å²) < 4.78 is 15.8. The standard InChI is InChI=1S/C16H13Br2Cl2F/c17-12-5-6-15(21)11(7-12)8-16(9-19,10-20)13-3-1-2-4-14(13)18/h1-7H,8-10H2. The lowest BCUT2D eigenvalue weighted by atomic mass is 9.78. The summed E-state index contributed by atoms with van der Waals surface area (Å²) >= 11 is 19.4. The van der Waals surface area contributed by atoms with E-state index in [-0.39, 0.29) is 5.82 Å². The summed E-state index contributed by atoms with van der Waals surface area (Å²) in [6.07, 6.45) is 0.438. The van der Waals surface area contributed by atoms with Crippen LogP contribution < -0.4 is 0 Å². The minimum absolute atomic E-state index is 0.245.